The number of fused-ring (bicyclic) bond motifs is 1. The number of ether oxygens (including phenoxy) is 1. The normalized spacial score (nSPS) is 11.2. The zero-order valence-electron chi connectivity index (χ0n) is 11.0. The molecule has 0 aliphatic heterocycles. The summed E-state index contributed by atoms with van der Waals surface area (Å²) < 4.78 is 10.4. The molecule has 3 rings (SSSR count). The molecule has 0 unspecified atom stereocenters. The molecule has 6 nitrogen and oxygen atoms in total. The molecule has 0 radical (unpaired) electrons. The van der Waals surface area contributed by atoms with E-state index in [9.17, 15) is 4.79 Å². The Balaban J connectivity index is 2.03. The van der Waals surface area contributed by atoms with E-state index in [1.807, 2.05) is 38.1 Å². The first-order valence-electron chi connectivity index (χ1n) is 6.13. The van der Waals surface area contributed by atoms with E-state index < -0.39 is 0 Å². The summed E-state index contributed by atoms with van der Waals surface area (Å²) in [6.07, 6.45) is 0.130. The lowest BCUT2D eigenvalue weighted by Crippen LogP contribution is -2.07. The predicted molar refractivity (Wildman–Crippen MR) is 77.0 cm³/mol. The van der Waals surface area contributed by atoms with Crippen LogP contribution in [0.1, 0.15) is 13.8 Å². The van der Waals surface area contributed by atoms with Crippen molar-refractivity contribution < 1.29 is 4.74 Å². The Morgan fingerprint density at radius 1 is 1.25 bits per heavy atom. The third-order valence-corrected chi connectivity index (χ3v) is 3.51. The van der Waals surface area contributed by atoms with Crippen LogP contribution in [0.5, 0.6) is 5.75 Å². The summed E-state index contributed by atoms with van der Waals surface area (Å²) >= 11 is 1.12. The average molecular weight is 288 g/mol. The van der Waals surface area contributed by atoms with Crippen molar-refractivity contribution in [3.8, 4) is 17.0 Å². The molecule has 2 heterocycles. The van der Waals surface area contributed by atoms with Crippen LogP contribution in [-0.2, 0) is 0 Å². The zero-order valence-corrected chi connectivity index (χ0v) is 11.8. The molecule has 0 saturated heterocycles. The van der Waals surface area contributed by atoms with E-state index in [-0.39, 0.29) is 11.7 Å². The molecule has 0 fully saturated rings. The van der Waals surface area contributed by atoms with Crippen LogP contribution < -0.4 is 10.3 Å². The molecule has 1 N–H and O–H groups in total. The predicted octanol–water partition coefficient (Wildman–Crippen LogP) is 2.23. The highest BCUT2D eigenvalue weighted by Crippen LogP contribution is 2.28. The number of nitrogens with zero attached hydrogens (tertiary/aromatic N) is 3. The number of benzene rings is 1. The van der Waals surface area contributed by atoms with Gasteiger partial charge in [0.25, 0.3) is 5.56 Å². The van der Waals surface area contributed by atoms with Crippen molar-refractivity contribution in [2.24, 2.45) is 0 Å². The molecular weight excluding hydrogens is 276 g/mol. The van der Waals surface area contributed by atoms with E-state index in [4.69, 9.17) is 4.74 Å². The molecule has 0 amide bonds. The molecular formula is C13H12N4O2S. The Hall–Kier alpha value is -2.28. The van der Waals surface area contributed by atoms with Gasteiger partial charge in [0.15, 0.2) is 0 Å². The van der Waals surface area contributed by atoms with Gasteiger partial charge in [0, 0.05) is 5.56 Å². The second-order valence-corrected chi connectivity index (χ2v) is 5.31. The van der Waals surface area contributed by atoms with Crippen molar-refractivity contribution in [1.82, 2.24) is 19.8 Å². The number of aromatic nitrogens is 4. The van der Waals surface area contributed by atoms with E-state index in [1.54, 1.807) is 0 Å². The second kappa shape index (κ2) is 5.01. The highest BCUT2D eigenvalue weighted by molar-refractivity contribution is 7.13. The number of H-pyrrole nitrogens is 1. The summed E-state index contributed by atoms with van der Waals surface area (Å²) in [5.74, 6) is 0.798. The summed E-state index contributed by atoms with van der Waals surface area (Å²) in [7, 11) is 0. The summed E-state index contributed by atoms with van der Waals surface area (Å²) in [5.41, 5.74) is 1.81. The molecule has 3 aromatic rings. The van der Waals surface area contributed by atoms with Crippen LogP contribution in [0, 0.1) is 0 Å². The van der Waals surface area contributed by atoms with Crippen LogP contribution in [0.3, 0.4) is 0 Å². The van der Waals surface area contributed by atoms with Crippen LogP contribution in [0.2, 0.25) is 0 Å². The fourth-order valence-corrected chi connectivity index (χ4v) is 2.58. The van der Waals surface area contributed by atoms with E-state index in [0.29, 0.717) is 15.9 Å². The van der Waals surface area contributed by atoms with Crippen LogP contribution in [0.4, 0.5) is 0 Å². The Kier molecular flexibility index (Phi) is 3.19. The number of aromatic amines is 1. The van der Waals surface area contributed by atoms with Crippen LogP contribution >= 0.6 is 11.5 Å². The van der Waals surface area contributed by atoms with Crippen LogP contribution in [0.15, 0.2) is 29.1 Å². The first-order chi connectivity index (χ1) is 9.65. The standard InChI is InChI=1S/C13H12N4O2S/c1-7(2)19-9-5-3-8(4-6-9)10-11-12(20-16-10)13(18)15-17-14-11/h3-7H,1-2H3,(H,14,15,18). The second-order valence-electron chi connectivity index (χ2n) is 4.54. The molecule has 1 aromatic carbocycles. The topological polar surface area (TPSA) is 80.8 Å². The molecule has 0 saturated carbocycles. The van der Waals surface area contributed by atoms with Gasteiger partial charge in [-0.3, -0.25) is 4.79 Å². The molecule has 2 aromatic heterocycles. The average Bonchev–Trinajstić information content (AvgIpc) is 2.84. The van der Waals surface area contributed by atoms with Crippen molar-refractivity contribution in [3.63, 3.8) is 0 Å². The van der Waals surface area contributed by atoms with Crippen molar-refractivity contribution in [1.29, 1.82) is 0 Å². The lowest BCUT2D eigenvalue weighted by atomic mass is 10.1. The van der Waals surface area contributed by atoms with E-state index >= 15 is 0 Å². The summed E-state index contributed by atoms with van der Waals surface area (Å²) in [4.78, 5) is 11.6. The van der Waals surface area contributed by atoms with Crippen molar-refractivity contribution in [2.45, 2.75) is 20.0 Å². The molecule has 0 atom stereocenters. The number of rotatable bonds is 3. The number of nitrogens with one attached hydrogen (secondary N) is 1. The van der Waals surface area contributed by atoms with Gasteiger partial charge in [0.2, 0.25) is 0 Å². The smallest absolute Gasteiger partial charge is 0.286 e. The number of hydrogen-bond acceptors (Lipinski definition) is 6. The third kappa shape index (κ3) is 2.27. The fourth-order valence-electron chi connectivity index (χ4n) is 1.85. The highest BCUT2D eigenvalue weighted by atomic mass is 32.1. The first kappa shape index (κ1) is 12.7. The minimum atomic E-state index is -0.265. The van der Waals surface area contributed by atoms with Crippen molar-refractivity contribution in [3.05, 3.63) is 34.6 Å². The van der Waals surface area contributed by atoms with Gasteiger partial charge in [0.1, 0.15) is 21.7 Å². The van der Waals surface area contributed by atoms with Gasteiger partial charge in [-0.2, -0.15) is 4.37 Å². The maximum atomic E-state index is 11.6. The summed E-state index contributed by atoms with van der Waals surface area (Å²) in [5, 5.41) is 9.85. The van der Waals surface area contributed by atoms with Crippen molar-refractivity contribution in [2.75, 3.05) is 0 Å². The van der Waals surface area contributed by atoms with Crippen LogP contribution in [-0.4, -0.2) is 25.9 Å². The molecule has 0 bridgehead atoms. The highest BCUT2D eigenvalue weighted by Gasteiger charge is 2.13. The summed E-state index contributed by atoms with van der Waals surface area (Å²) in [6.45, 7) is 3.95. The summed E-state index contributed by atoms with van der Waals surface area (Å²) in [6, 6.07) is 7.55. The lowest BCUT2D eigenvalue weighted by Gasteiger charge is -2.09. The van der Waals surface area contributed by atoms with E-state index in [2.05, 4.69) is 19.8 Å². The quantitative estimate of drug-likeness (QED) is 0.799. The van der Waals surface area contributed by atoms with Gasteiger partial charge < -0.3 is 4.74 Å². The Bertz CT molecular complexity index is 792. The zero-order chi connectivity index (χ0) is 14.1. The van der Waals surface area contributed by atoms with Gasteiger partial charge in [-0.25, -0.2) is 5.10 Å². The molecule has 0 spiro atoms. The molecule has 20 heavy (non-hydrogen) atoms. The molecule has 0 aliphatic carbocycles. The Labute approximate surface area is 118 Å². The number of hydrogen-bond donors (Lipinski definition) is 1. The molecule has 7 heteroatoms. The van der Waals surface area contributed by atoms with Gasteiger partial charge >= 0.3 is 0 Å². The largest absolute Gasteiger partial charge is 0.491 e. The molecule has 0 aliphatic rings. The third-order valence-electron chi connectivity index (χ3n) is 2.67. The van der Waals surface area contributed by atoms with Gasteiger partial charge in [-0.15, -0.1) is 5.10 Å². The van der Waals surface area contributed by atoms with Crippen LogP contribution in [0.25, 0.3) is 21.5 Å². The molecule has 102 valence electrons. The maximum absolute atomic E-state index is 11.6. The van der Waals surface area contributed by atoms with Gasteiger partial charge in [-0.05, 0) is 49.6 Å². The lowest BCUT2D eigenvalue weighted by molar-refractivity contribution is 0.242. The van der Waals surface area contributed by atoms with E-state index in [0.717, 1.165) is 22.8 Å². The minimum Gasteiger partial charge on any atom is -0.491 e. The monoisotopic (exact) mass is 288 g/mol. The van der Waals surface area contributed by atoms with Gasteiger partial charge in [0.05, 0.1) is 6.10 Å². The Morgan fingerprint density at radius 3 is 2.70 bits per heavy atom. The maximum Gasteiger partial charge on any atom is 0.286 e. The first-order valence-corrected chi connectivity index (χ1v) is 6.90. The van der Waals surface area contributed by atoms with Crippen molar-refractivity contribution >= 4 is 21.7 Å². The Morgan fingerprint density at radius 2 is 2.00 bits per heavy atom. The van der Waals surface area contributed by atoms with Gasteiger partial charge in [-0.1, -0.05) is 5.21 Å². The van der Waals surface area contributed by atoms with E-state index in [1.165, 1.54) is 0 Å². The minimum absolute atomic E-state index is 0.130. The fraction of sp³-hybridized carbons (Fsp3) is 0.231. The SMILES string of the molecule is CC(C)Oc1ccc(-c2nsc3c(=O)[nH]nnc23)cc1.